The molecule has 0 spiro atoms. The van der Waals surface area contributed by atoms with Crippen LogP contribution in [0.2, 0.25) is 0 Å². The Bertz CT molecular complexity index is 761. The van der Waals surface area contributed by atoms with Gasteiger partial charge in [0.05, 0.1) is 22.5 Å². The summed E-state index contributed by atoms with van der Waals surface area (Å²) in [6.45, 7) is 5.36. The third-order valence-electron chi connectivity index (χ3n) is 3.19. The van der Waals surface area contributed by atoms with Crippen LogP contribution in [0.1, 0.15) is 32.9 Å². The number of aryl methyl sites for hydroxylation is 3. The van der Waals surface area contributed by atoms with Gasteiger partial charge in [-0.05, 0) is 44.5 Å². The summed E-state index contributed by atoms with van der Waals surface area (Å²) in [5.74, 6) is -0.973. The van der Waals surface area contributed by atoms with Gasteiger partial charge in [0.15, 0.2) is 0 Å². The summed E-state index contributed by atoms with van der Waals surface area (Å²) in [4.78, 5) is 15.4. The molecule has 0 aliphatic carbocycles. The molecule has 1 aromatic carbocycles. The van der Waals surface area contributed by atoms with E-state index in [1.54, 1.807) is 38.1 Å². The monoisotopic (exact) mass is 281 g/mol. The molecule has 0 fully saturated rings. The first kappa shape index (κ1) is 14.5. The van der Waals surface area contributed by atoms with Gasteiger partial charge in [0, 0.05) is 11.4 Å². The van der Waals surface area contributed by atoms with E-state index in [1.165, 1.54) is 0 Å². The number of aromatic nitrogens is 1. The number of anilines is 2. The molecule has 2 aromatic rings. The van der Waals surface area contributed by atoms with Crippen LogP contribution in [0.4, 0.5) is 11.4 Å². The van der Waals surface area contributed by atoms with Crippen LogP contribution in [0.5, 0.6) is 0 Å². The van der Waals surface area contributed by atoms with Crippen molar-refractivity contribution in [2.24, 2.45) is 0 Å². The molecule has 5 heteroatoms. The van der Waals surface area contributed by atoms with Gasteiger partial charge in [-0.3, -0.25) is 4.98 Å². The van der Waals surface area contributed by atoms with Crippen molar-refractivity contribution in [3.8, 4) is 6.07 Å². The summed E-state index contributed by atoms with van der Waals surface area (Å²) in [7, 11) is 0. The maximum Gasteiger partial charge on any atom is 0.336 e. The van der Waals surface area contributed by atoms with Crippen molar-refractivity contribution in [1.29, 1.82) is 5.26 Å². The standard InChI is InChI=1S/C16H15N3O2/c1-9-4-5-12(7-13(9)16(20)21)19-15-6-10(2)18-11(3)14(15)8-17/h4-7H,1-3H3,(H,18,19)(H,20,21). The first-order valence-corrected chi connectivity index (χ1v) is 6.41. The topological polar surface area (TPSA) is 86.0 Å². The van der Waals surface area contributed by atoms with Crippen molar-refractivity contribution >= 4 is 17.3 Å². The summed E-state index contributed by atoms with van der Waals surface area (Å²) in [6.07, 6.45) is 0. The van der Waals surface area contributed by atoms with E-state index < -0.39 is 5.97 Å². The van der Waals surface area contributed by atoms with Crippen LogP contribution in [-0.4, -0.2) is 16.1 Å². The molecule has 0 aliphatic rings. The zero-order valence-electron chi connectivity index (χ0n) is 12.1. The predicted octanol–water partition coefficient (Wildman–Crippen LogP) is 3.32. The lowest BCUT2D eigenvalue weighted by Gasteiger charge is -2.12. The highest BCUT2D eigenvalue weighted by Crippen LogP contribution is 2.24. The van der Waals surface area contributed by atoms with Gasteiger partial charge in [-0.1, -0.05) is 6.07 Å². The molecule has 1 aromatic heterocycles. The van der Waals surface area contributed by atoms with E-state index in [1.807, 2.05) is 6.92 Å². The Hall–Kier alpha value is -2.87. The molecule has 0 amide bonds. The van der Waals surface area contributed by atoms with Gasteiger partial charge in [0.25, 0.3) is 0 Å². The lowest BCUT2D eigenvalue weighted by molar-refractivity contribution is 0.0696. The Kier molecular flexibility index (Phi) is 3.90. The maximum atomic E-state index is 11.2. The van der Waals surface area contributed by atoms with Crippen molar-refractivity contribution in [1.82, 2.24) is 4.98 Å². The molecular formula is C16H15N3O2. The van der Waals surface area contributed by atoms with Gasteiger partial charge in [0.1, 0.15) is 6.07 Å². The second-order valence-electron chi connectivity index (χ2n) is 4.84. The highest BCUT2D eigenvalue weighted by molar-refractivity contribution is 5.91. The minimum atomic E-state index is -0.973. The van der Waals surface area contributed by atoms with Crippen molar-refractivity contribution < 1.29 is 9.90 Å². The Morgan fingerprint density at radius 1 is 1.29 bits per heavy atom. The molecule has 0 aliphatic heterocycles. The number of rotatable bonds is 3. The second-order valence-corrected chi connectivity index (χ2v) is 4.84. The molecule has 0 unspecified atom stereocenters. The molecule has 0 saturated heterocycles. The van der Waals surface area contributed by atoms with E-state index in [2.05, 4.69) is 16.4 Å². The number of carbonyl (C=O) groups is 1. The van der Waals surface area contributed by atoms with Gasteiger partial charge in [-0.25, -0.2) is 4.79 Å². The molecule has 106 valence electrons. The van der Waals surface area contributed by atoms with E-state index in [0.29, 0.717) is 28.2 Å². The number of pyridine rings is 1. The Morgan fingerprint density at radius 2 is 2.00 bits per heavy atom. The van der Waals surface area contributed by atoms with Gasteiger partial charge in [-0.2, -0.15) is 5.26 Å². The van der Waals surface area contributed by atoms with Crippen LogP contribution in [0, 0.1) is 32.1 Å². The van der Waals surface area contributed by atoms with Crippen molar-refractivity contribution in [3.05, 3.63) is 52.3 Å². The molecule has 1 heterocycles. The fraction of sp³-hybridized carbons (Fsp3) is 0.188. The summed E-state index contributed by atoms with van der Waals surface area (Å²) in [5.41, 5.74) is 4.07. The molecule has 0 bridgehead atoms. The predicted molar refractivity (Wildman–Crippen MR) is 79.8 cm³/mol. The summed E-state index contributed by atoms with van der Waals surface area (Å²) >= 11 is 0. The number of carboxylic acid groups (broad SMARTS) is 1. The summed E-state index contributed by atoms with van der Waals surface area (Å²) in [5, 5.41) is 21.5. The quantitative estimate of drug-likeness (QED) is 0.901. The summed E-state index contributed by atoms with van der Waals surface area (Å²) in [6, 6.07) is 8.97. The Balaban J connectivity index is 2.46. The third-order valence-corrected chi connectivity index (χ3v) is 3.19. The number of nitrogens with one attached hydrogen (secondary N) is 1. The van der Waals surface area contributed by atoms with Crippen LogP contribution in [0.15, 0.2) is 24.3 Å². The largest absolute Gasteiger partial charge is 0.478 e. The normalized spacial score (nSPS) is 10.0. The van der Waals surface area contributed by atoms with Crippen LogP contribution < -0.4 is 5.32 Å². The van der Waals surface area contributed by atoms with Crippen molar-refractivity contribution in [2.75, 3.05) is 5.32 Å². The van der Waals surface area contributed by atoms with Gasteiger partial charge in [-0.15, -0.1) is 0 Å². The zero-order chi connectivity index (χ0) is 15.6. The molecule has 0 atom stereocenters. The van der Waals surface area contributed by atoms with Gasteiger partial charge < -0.3 is 10.4 Å². The number of aromatic carboxylic acids is 1. The molecule has 0 saturated carbocycles. The molecule has 0 radical (unpaired) electrons. The van der Waals surface area contributed by atoms with Crippen LogP contribution >= 0.6 is 0 Å². The average Bonchev–Trinajstić information content (AvgIpc) is 2.40. The number of hydrogen-bond donors (Lipinski definition) is 2. The highest BCUT2D eigenvalue weighted by Gasteiger charge is 2.11. The summed E-state index contributed by atoms with van der Waals surface area (Å²) < 4.78 is 0. The maximum absolute atomic E-state index is 11.2. The molecular weight excluding hydrogens is 266 g/mol. The van der Waals surface area contributed by atoms with E-state index in [4.69, 9.17) is 5.11 Å². The van der Waals surface area contributed by atoms with E-state index in [-0.39, 0.29) is 5.56 Å². The smallest absolute Gasteiger partial charge is 0.336 e. The van der Waals surface area contributed by atoms with E-state index in [0.717, 1.165) is 5.69 Å². The molecule has 2 N–H and O–H groups in total. The van der Waals surface area contributed by atoms with Crippen LogP contribution in [0.3, 0.4) is 0 Å². The first-order chi connectivity index (χ1) is 9.92. The number of hydrogen-bond acceptors (Lipinski definition) is 4. The molecule has 5 nitrogen and oxygen atoms in total. The first-order valence-electron chi connectivity index (χ1n) is 6.41. The van der Waals surface area contributed by atoms with Gasteiger partial charge in [0.2, 0.25) is 0 Å². The third kappa shape index (κ3) is 3.00. The minimum absolute atomic E-state index is 0.237. The Morgan fingerprint density at radius 3 is 2.62 bits per heavy atom. The SMILES string of the molecule is Cc1cc(Nc2ccc(C)c(C(=O)O)c2)c(C#N)c(C)n1. The van der Waals surface area contributed by atoms with Crippen molar-refractivity contribution in [2.45, 2.75) is 20.8 Å². The zero-order valence-corrected chi connectivity index (χ0v) is 12.1. The second kappa shape index (κ2) is 5.63. The van der Waals surface area contributed by atoms with Crippen LogP contribution in [0.25, 0.3) is 0 Å². The lowest BCUT2D eigenvalue weighted by atomic mass is 10.1. The van der Waals surface area contributed by atoms with Gasteiger partial charge >= 0.3 is 5.97 Å². The average molecular weight is 281 g/mol. The minimum Gasteiger partial charge on any atom is -0.478 e. The van der Waals surface area contributed by atoms with E-state index >= 15 is 0 Å². The molecule has 21 heavy (non-hydrogen) atoms. The number of nitriles is 1. The fourth-order valence-corrected chi connectivity index (χ4v) is 2.15. The molecule has 2 rings (SSSR count). The number of nitrogens with zero attached hydrogens (tertiary/aromatic N) is 2. The Labute approximate surface area is 122 Å². The van der Waals surface area contributed by atoms with Crippen LogP contribution in [-0.2, 0) is 0 Å². The fourth-order valence-electron chi connectivity index (χ4n) is 2.15. The lowest BCUT2D eigenvalue weighted by Crippen LogP contribution is -2.03. The highest BCUT2D eigenvalue weighted by atomic mass is 16.4. The number of carboxylic acids is 1. The van der Waals surface area contributed by atoms with E-state index in [9.17, 15) is 10.1 Å². The van der Waals surface area contributed by atoms with Crippen molar-refractivity contribution in [3.63, 3.8) is 0 Å². The number of benzene rings is 1.